The van der Waals surface area contributed by atoms with E-state index in [4.69, 9.17) is 5.73 Å². The first-order chi connectivity index (χ1) is 7.33. The van der Waals surface area contributed by atoms with Crippen LogP contribution in [0.15, 0.2) is 35.5 Å². The molecule has 2 N–H and O–H groups in total. The van der Waals surface area contributed by atoms with Gasteiger partial charge < -0.3 is 5.73 Å². The molecule has 1 aromatic carbocycles. The number of thioether (sulfide) groups is 1. The summed E-state index contributed by atoms with van der Waals surface area (Å²) in [5.41, 5.74) is 6.71. The van der Waals surface area contributed by atoms with Crippen LogP contribution in [0.2, 0.25) is 0 Å². The van der Waals surface area contributed by atoms with Crippen LogP contribution < -0.4 is 5.73 Å². The Balaban J connectivity index is 2.51. The number of hydrogen-bond donors (Lipinski definition) is 1. The third kappa shape index (κ3) is 2.07. The fourth-order valence-electron chi connectivity index (χ4n) is 1.52. The average Bonchev–Trinajstić information content (AvgIpc) is 2.29. The number of nitrogens with two attached hydrogens (primary N) is 1. The van der Waals surface area contributed by atoms with E-state index in [9.17, 15) is 0 Å². The van der Waals surface area contributed by atoms with Gasteiger partial charge in [0.2, 0.25) is 0 Å². The van der Waals surface area contributed by atoms with Gasteiger partial charge in [0.05, 0.1) is 0 Å². The van der Waals surface area contributed by atoms with Gasteiger partial charge in [0.15, 0.2) is 0 Å². The Hall–Kier alpha value is -1.22. The average molecular weight is 218 g/mol. The Morgan fingerprint density at radius 3 is 2.93 bits per heavy atom. The van der Waals surface area contributed by atoms with Gasteiger partial charge in [0.25, 0.3) is 0 Å². The first-order valence-electron chi connectivity index (χ1n) is 5.08. The van der Waals surface area contributed by atoms with Gasteiger partial charge in [-0.05, 0) is 30.4 Å². The van der Waals surface area contributed by atoms with Crippen molar-refractivity contribution in [2.24, 2.45) is 0 Å². The molecule has 15 heavy (non-hydrogen) atoms. The summed E-state index contributed by atoms with van der Waals surface area (Å²) in [5.74, 6) is 1.14. The highest BCUT2D eigenvalue weighted by atomic mass is 32.2. The number of benzene rings is 1. The lowest BCUT2D eigenvalue weighted by atomic mass is 10.1. The van der Waals surface area contributed by atoms with E-state index < -0.39 is 0 Å². The van der Waals surface area contributed by atoms with Crippen LogP contribution in [0.4, 0.5) is 5.69 Å². The van der Waals surface area contributed by atoms with E-state index in [1.54, 1.807) is 0 Å². The first kappa shape index (κ1) is 10.3. The van der Waals surface area contributed by atoms with E-state index in [-0.39, 0.29) is 0 Å². The van der Waals surface area contributed by atoms with Gasteiger partial charge >= 0.3 is 0 Å². The molecule has 0 aliphatic heterocycles. The van der Waals surface area contributed by atoms with Gasteiger partial charge in [-0.25, -0.2) is 0 Å². The number of nitrogen functional groups attached to an aromatic ring is 1. The summed E-state index contributed by atoms with van der Waals surface area (Å²) in [6.45, 7) is 2.19. The van der Waals surface area contributed by atoms with Gasteiger partial charge in [0, 0.05) is 33.7 Å². The largest absolute Gasteiger partial charge is 0.398 e. The first-order valence-corrected chi connectivity index (χ1v) is 6.06. The van der Waals surface area contributed by atoms with Crippen molar-refractivity contribution < 1.29 is 0 Å². The molecule has 2 rings (SSSR count). The summed E-state index contributed by atoms with van der Waals surface area (Å²) in [6.07, 6.45) is 4.83. The Morgan fingerprint density at radius 1 is 1.27 bits per heavy atom. The Kier molecular flexibility index (Phi) is 3.11. The van der Waals surface area contributed by atoms with Gasteiger partial charge in [0.1, 0.15) is 0 Å². The molecule has 0 spiro atoms. The van der Waals surface area contributed by atoms with Crippen molar-refractivity contribution in [3.63, 3.8) is 0 Å². The highest BCUT2D eigenvalue weighted by molar-refractivity contribution is 7.99. The lowest BCUT2D eigenvalue weighted by Gasteiger charge is -2.07. The van der Waals surface area contributed by atoms with E-state index in [1.165, 1.54) is 16.7 Å². The fraction of sp³-hybridized carbons (Fsp3) is 0.250. The molecule has 2 nitrogen and oxygen atoms in total. The molecule has 0 aliphatic rings. The zero-order valence-corrected chi connectivity index (χ0v) is 9.55. The Bertz CT molecular complexity index is 468. The number of rotatable bonds is 3. The molecular formula is C12H14N2S. The van der Waals surface area contributed by atoms with E-state index in [0.717, 1.165) is 16.8 Å². The molecule has 2 aromatic rings. The summed E-state index contributed by atoms with van der Waals surface area (Å²) < 4.78 is 0. The van der Waals surface area contributed by atoms with Crippen LogP contribution in [-0.2, 0) is 0 Å². The number of aromatic nitrogens is 1. The highest BCUT2D eigenvalue weighted by Crippen LogP contribution is 2.30. The molecule has 0 aliphatic carbocycles. The van der Waals surface area contributed by atoms with Crippen LogP contribution >= 0.6 is 11.8 Å². The van der Waals surface area contributed by atoms with Crippen molar-refractivity contribution in [2.75, 3.05) is 11.5 Å². The number of fused-ring (bicyclic) bond motifs is 1. The second-order valence-corrected chi connectivity index (χ2v) is 4.56. The van der Waals surface area contributed by atoms with Crippen LogP contribution in [0.3, 0.4) is 0 Å². The van der Waals surface area contributed by atoms with Crippen molar-refractivity contribution >= 4 is 28.2 Å². The minimum atomic E-state index is 0.805. The minimum Gasteiger partial charge on any atom is -0.398 e. The second-order valence-electron chi connectivity index (χ2n) is 3.42. The molecule has 0 fully saturated rings. The fourth-order valence-corrected chi connectivity index (χ4v) is 2.44. The summed E-state index contributed by atoms with van der Waals surface area (Å²) in [4.78, 5) is 5.40. The third-order valence-electron chi connectivity index (χ3n) is 2.27. The van der Waals surface area contributed by atoms with Crippen LogP contribution in [0.1, 0.15) is 13.3 Å². The molecule has 78 valence electrons. The van der Waals surface area contributed by atoms with Crippen molar-refractivity contribution in [3.05, 3.63) is 30.6 Å². The molecule has 0 saturated carbocycles. The maximum atomic E-state index is 5.90. The molecule has 0 saturated heterocycles. The Labute approximate surface area is 93.9 Å². The molecule has 1 heterocycles. The number of pyridine rings is 1. The van der Waals surface area contributed by atoms with Crippen molar-refractivity contribution in [3.8, 4) is 0 Å². The zero-order valence-electron chi connectivity index (χ0n) is 8.73. The molecule has 0 bridgehead atoms. The lowest BCUT2D eigenvalue weighted by Crippen LogP contribution is -1.89. The molecular weight excluding hydrogens is 204 g/mol. The van der Waals surface area contributed by atoms with Crippen molar-refractivity contribution in [2.45, 2.75) is 18.2 Å². The monoisotopic (exact) mass is 218 g/mol. The topological polar surface area (TPSA) is 38.9 Å². The summed E-state index contributed by atoms with van der Waals surface area (Å²) in [7, 11) is 0. The SMILES string of the molecule is CCCSc1ccc(N)c2cnccc12. The zero-order chi connectivity index (χ0) is 10.7. The molecule has 0 amide bonds. The molecule has 0 radical (unpaired) electrons. The van der Waals surface area contributed by atoms with E-state index in [2.05, 4.69) is 18.0 Å². The van der Waals surface area contributed by atoms with Crippen LogP contribution in [0.5, 0.6) is 0 Å². The van der Waals surface area contributed by atoms with Gasteiger partial charge in [-0.3, -0.25) is 4.98 Å². The molecule has 3 heteroatoms. The number of hydrogen-bond acceptors (Lipinski definition) is 3. The lowest BCUT2D eigenvalue weighted by molar-refractivity contribution is 1.11. The van der Waals surface area contributed by atoms with Crippen molar-refractivity contribution in [1.29, 1.82) is 0 Å². The quantitative estimate of drug-likeness (QED) is 0.634. The second kappa shape index (κ2) is 4.53. The highest BCUT2D eigenvalue weighted by Gasteiger charge is 2.03. The summed E-state index contributed by atoms with van der Waals surface area (Å²) >= 11 is 1.88. The summed E-state index contributed by atoms with van der Waals surface area (Å²) in [6, 6.07) is 6.09. The van der Waals surface area contributed by atoms with Gasteiger partial charge in [-0.1, -0.05) is 6.92 Å². The molecule has 1 aromatic heterocycles. The van der Waals surface area contributed by atoms with Crippen molar-refractivity contribution in [1.82, 2.24) is 4.98 Å². The maximum Gasteiger partial charge on any atom is 0.0410 e. The predicted molar refractivity (Wildman–Crippen MR) is 67.2 cm³/mol. The smallest absolute Gasteiger partial charge is 0.0410 e. The van der Waals surface area contributed by atoms with Crippen LogP contribution in [0, 0.1) is 0 Å². The molecule has 0 atom stereocenters. The Morgan fingerprint density at radius 2 is 2.13 bits per heavy atom. The summed E-state index contributed by atoms with van der Waals surface area (Å²) in [5, 5.41) is 2.27. The minimum absolute atomic E-state index is 0.805. The van der Waals surface area contributed by atoms with E-state index in [0.29, 0.717) is 0 Å². The number of anilines is 1. The normalized spacial score (nSPS) is 10.7. The standard InChI is InChI=1S/C12H14N2S/c1-2-7-15-12-4-3-11(13)10-8-14-6-5-9(10)12/h3-6,8H,2,7,13H2,1H3. The van der Waals surface area contributed by atoms with E-state index >= 15 is 0 Å². The van der Waals surface area contributed by atoms with Crippen LogP contribution in [-0.4, -0.2) is 10.7 Å². The maximum absolute atomic E-state index is 5.90. The predicted octanol–water partition coefficient (Wildman–Crippen LogP) is 3.32. The third-order valence-corrected chi connectivity index (χ3v) is 3.55. The molecule has 0 unspecified atom stereocenters. The van der Waals surface area contributed by atoms with Gasteiger partial charge in [-0.2, -0.15) is 0 Å². The van der Waals surface area contributed by atoms with Crippen LogP contribution in [0.25, 0.3) is 10.8 Å². The van der Waals surface area contributed by atoms with E-state index in [1.807, 2.05) is 36.3 Å². The number of nitrogens with zero attached hydrogens (tertiary/aromatic N) is 1. The van der Waals surface area contributed by atoms with Gasteiger partial charge in [-0.15, -0.1) is 11.8 Å².